The fraction of sp³-hybridized carbons (Fsp3) is 0.241. The first kappa shape index (κ1) is 28.0. The van der Waals surface area contributed by atoms with Gasteiger partial charge in [-0.25, -0.2) is 18.6 Å². The lowest BCUT2D eigenvalue weighted by Gasteiger charge is -2.13. The van der Waals surface area contributed by atoms with E-state index >= 15 is 0 Å². The fourth-order valence-electron chi connectivity index (χ4n) is 4.03. The third-order valence-electron chi connectivity index (χ3n) is 5.90. The number of nitrogens with zero attached hydrogens (tertiary/aromatic N) is 2. The van der Waals surface area contributed by atoms with E-state index in [1.807, 2.05) is 48.5 Å². The number of carbonyl (C=O) groups excluding carboxylic acids is 1. The van der Waals surface area contributed by atoms with Crippen molar-refractivity contribution in [2.75, 3.05) is 31.8 Å². The first-order valence-electron chi connectivity index (χ1n) is 12.5. The van der Waals surface area contributed by atoms with E-state index in [0.29, 0.717) is 12.3 Å². The Hall–Kier alpha value is -4.05. The predicted molar refractivity (Wildman–Crippen MR) is 151 cm³/mol. The van der Waals surface area contributed by atoms with Crippen LogP contribution in [0.2, 0.25) is 0 Å². The molecule has 0 saturated carbocycles. The first-order valence-corrected chi connectivity index (χ1v) is 13.4. The minimum atomic E-state index is -0.835. The number of ether oxygens (including phenoxy) is 2. The lowest BCUT2D eigenvalue weighted by molar-refractivity contribution is 0.252. The Balaban J connectivity index is 1.55. The molecule has 0 fully saturated rings. The van der Waals surface area contributed by atoms with E-state index in [4.69, 9.17) is 14.5 Å². The van der Waals surface area contributed by atoms with Crippen molar-refractivity contribution in [3.05, 3.63) is 78.4 Å². The van der Waals surface area contributed by atoms with Crippen molar-refractivity contribution >= 4 is 23.5 Å². The van der Waals surface area contributed by atoms with Crippen LogP contribution in [0.4, 0.5) is 19.3 Å². The highest BCUT2D eigenvalue weighted by atomic mass is 32.2. The monoisotopic (exact) mass is 552 g/mol. The highest BCUT2D eigenvalue weighted by molar-refractivity contribution is 7.99. The number of imidazole rings is 1. The first-order chi connectivity index (χ1) is 18.9. The van der Waals surface area contributed by atoms with Gasteiger partial charge >= 0.3 is 6.03 Å². The van der Waals surface area contributed by atoms with Gasteiger partial charge in [0.15, 0.2) is 5.16 Å². The van der Waals surface area contributed by atoms with Gasteiger partial charge in [-0.05, 0) is 67.1 Å². The smallest absolute Gasteiger partial charge is 0.319 e. The van der Waals surface area contributed by atoms with Crippen LogP contribution in [-0.2, 0) is 6.54 Å². The molecule has 3 aromatic carbocycles. The minimum Gasteiger partial charge on any atom is -0.497 e. The molecule has 0 unspecified atom stereocenters. The molecule has 2 amide bonds. The molecule has 0 spiro atoms. The zero-order valence-electron chi connectivity index (χ0n) is 22.0. The Morgan fingerprint density at radius 3 is 2.18 bits per heavy atom. The molecule has 1 heterocycles. The van der Waals surface area contributed by atoms with Gasteiger partial charge < -0.3 is 24.7 Å². The molecular weight excluding hydrogens is 522 g/mol. The predicted octanol–water partition coefficient (Wildman–Crippen LogP) is 6.84. The Morgan fingerprint density at radius 2 is 1.59 bits per heavy atom. The fourth-order valence-corrected chi connectivity index (χ4v) is 4.91. The lowest BCUT2D eigenvalue weighted by Crippen LogP contribution is -2.30. The largest absolute Gasteiger partial charge is 0.497 e. The highest BCUT2D eigenvalue weighted by Gasteiger charge is 2.20. The van der Waals surface area contributed by atoms with E-state index in [2.05, 4.69) is 22.1 Å². The van der Waals surface area contributed by atoms with Crippen LogP contribution >= 0.6 is 11.8 Å². The van der Waals surface area contributed by atoms with Crippen LogP contribution in [-0.4, -0.2) is 42.1 Å². The van der Waals surface area contributed by atoms with E-state index in [1.165, 1.54) is 17.8 Å². The van der Waals surface area contributed by atoms with Gasteiger partial charge in [-0.2, -0.15) is 0 Å². The topological polar surface area (TPSA) is 77.4 Å². The molecule has 0 aliphatic rings. The Bertz CT molecular complexity index is 1410. The summed E-state index contributed by atoms with van der Waals surface area (Å²) in [6, 6.07) is 18.1. The molecular formula is C29H30F2N4O3S. The number of halogens is 2. The van der Waals surface area contributed by atoms with E-state index in [0.717, 1.165) is 64.3 Å². The number of nitrogens with one attached hydrogen (secondary N) is 2. The summed E-state index contributed by atoms with van der Waals surface area (Å²) in [7, 11) is 3.27. The van der Waals surface area contributed by atoms with Gasteiger partial charge in [0.25, 0.3) is 0 Å². The molecule has 0 saturated heterocycles. The van der Waals surface area contributed by atoms with Crippen LogP contribution in [0.5, 0.6) is 11.5 Å². The number of rotatable bonds is 11. The van der Waals surface area contributed by atoms with Gasteiger partial charge in [0.1, 0.15) is 23.1 Å². The molecule has 39 heavy (non-hydrogen) atoms. The van der Waals surface area contributed by atoms with Crippen molar-refractivity contribution in [3.63, 3.8) is 0 Å². The van der Waals surface area contributed by atoms with Gasteiger partial charge in [0, 0.05) is 36.0 Å². The SMILES string of the molecule is CCCn1c(SCCNC(=O)Nc2ccc(F)cc2F)nc(-c2ccc(OC)cc2)c1-c1ccc(OC)cc1. The standard InChI is InChI=1S/C29H30F2N4O3S/c1-4-16-35-27(20-7-12-23(38-3)13-8-20)26(19-5-10-22(37-2)11-6-19)34-29(35)39-17-15-32-28(36)33-25-14-9-21(30)18-24(25)31/h5-14,18H,4,15-17H2,1-3H3,(H2,32,33,36). The Kier molecular flexibility index (Phi) is 9.43. The van der Waals surface area contributed by atoms with E-state index in [9.17, 15) is 13.6 Å². The molecule has 10 heteroatoms. The third-order valence-corrected chi connectivity index (χ3v) is 6.88. The molecule has 0 radical (unpaired) electrons. The maximum atomic E-state index is 13.8. The number of amides is 2. The number of methoxy groups -OCH3 is 2. The van der Waals surface area contributed by atoms with Crippen LogP contribution in [0.25, 0.3) is 22.5 Å². The van der Waals surface area contributed by atoms with E-state index in [-0.39, 0.29) is 5.69 Å². The summed E-state index contributed by atoms with van der Waals surface area (Å²) in [5.41, 5.74) is 3.71. The van der Waals surface area contributed by atoms with Gasteiger partial charge in [-0.1, -0.05) is 18.7 Å². The summed E-state index contributed by atoms with van der Waals surface area (Å²) in [6.45, 7) is 3.18. The number of benzene rings is 3. The number of thioether (sulfide) groups is 1. The molecule has 4 aromatic rings. The molecule has 0 atom stereocenters. The molecule has 2 N–H and O–H groups in total. The summed E-state index contributed by atoms with van der Waals surface area (Å²) in [4.78, 5) is 17.2. The summed E-state index contributed by atoms with van der Waals surface area (Å²) in [6.07, 6.45) is 0.902. The zero-order valence-corrected chi connectivity index (χ0v) is 22.8. The molecule has 1 aromatic heterocycles. The normalized spacial score (nSPS) is 10.8. The molecule has 0 bridgehead atoms. The van der Waals surface area contributed by atoms with Crippen molar-refractivity contribution in [1.29, 1.82) is 0 Å². The number of carbonyl (C=O) groups is 1. The average molecular weight is 553 g/mol. The van der Waals surface area contributed by atoms with Crippen LogP contribution in [0.15, 0.2) is 71.9 Å². The molecule has 0 aliphatic carbocycles. The third kappa shape index (κ3) is 6.88. The quantitative estimate of drug-likeness (QED) is 0.157. The number of aromatic nitrogens is 2. The van der Waals surface area contributed by atoms with Crippen molar-refractivity contribution in [3.8, 4) is 34.0 Å². The van der Waals surface area contributed by atoms with E-state index < -0.39 is 17.7 Å². The molecule has 4 rings (SSSR count). The Morgan fingerprint density at radius 1 is 0.949 bits per heavy atom. The second kappa shape index (κ2) is 13.1. The van der Waals surface area contributed by atoms with Crippen LogP contribution in [0, 0.1) is 11.6 Å². The van der Waals surface area contributed by atoms with Gasteiger partial charge in [0.2, 0.25) is 0 Å². The van der Waals surface area contributed by atoms with Crippen LogP contribution in [0.3, 0.4) is 0 Å². The second-order valence-electron chi connectivity index (χ2n) is 8.55. The maximum Gasteiger partial charge on any atom is 0.319 e. The summed E-state index contributed by atoms with van der Waals surface area (Å²) >= 11 is 1.52. The average Bonchev–Trinajstić information content (AvgIpc) is 3.31. The summed E-state index contributed by atoms with van der Waals surface area (Å²) in [5, 5.41) is 5.93. The van der Waals surface area contributed by atoms with Gasteiger partial charge in [0.05, 0.1) is 31.3 Å². The number of anilines is 1. The Labute approximate surface area is 230 Å². The van der Waals surface area contributed by atoms with Gasteiger partial charge in [-0.3, -0.25) is 0 Å². The van der Waals surface area contributed by atoms with Crippen molar-refractivity contribution in [1.82, 2.24) is 14.9 Å². The molecule has 7 nitrogen and oxygen atoms in total. The van der Waals surface area contributed by atoms with Crippen LogP contribution < -0.4 is 20.1 Å². The number of hydrogen-bond donors (Lipinski definition) is 2. The van der Waals surface area contributed by atoms with Crippen LogP contribution in [0.1, 0.15) is 13.3 Å². The lowest BCUT2D eigenvalue weighted by atomic mass is 10.0. The number of hydrogen-bond acceptors (Lipinski definition) is 5. The maximum absolute atomic E-state index is 13.8. The molecule has 0 aliphatic heterocycles. The summed E-state index contributed by atoms with van der Waals surface area (Å²) < 4.78 is 39.8. The van der Waals surface area contributed by atoms with Crippen molar-refractivity contribution < 1.29 is 23.0 Å². The zero-order chi connectivity index (χ0) is 27.8. The van der Waals surface area contributed by atoms with Crippen molar-refractivity contribution in [2.24, 2.45) is 0 Å². The number of urea groups is 1. The second-order valence-corrected chi connectivity index (χ2v) is 9.62. The van der Waals surface area contributed by atoms with Gasteiger partial charge in [-0.15, -0.1) is 0 Å². The highest BCUT2D eigenvalue weighted by Crippen LogP contribution is 2.37. The molecule has 204 valence electrons. The minimum absolute atomic E-state index is 0.0895. The van der Waals surface area contributed by atoms with Crippen molar-refractivity contribution in [2.45, 2.75) is 25.0 Å². The summed E-state index contributed by atoms with van der Waals surface area (Å²) in [5.74, 6) is 0.520. The van der Waals surface area contributed by atoms with E-state index in [1.54, 1.807) is 14.2 Å².